The zero-order chi connectivity index (χ0) is 47.0. The number of nitrogens with one attached hydrogen (secondary N) is 6. The maximum absolute atomic E-state index is 14.2. The van der Waals surface area contributed by atoms with E-state index in [0.29, 0.717) is 5.56 Å². The summed E-state index contributed by atoms with van der Waals surface area (Å²) in [5, 5.41) is 23.6. The minimum Gasteiger partial charge on any atom is -0.481 e. The number of hydrogen-bond acceptors (Lipinski definition) is 10. The first-order valence-electron chi connectivity index (χ1n) is 19.7. The molecule has 344 valence electrons. The molecule has 0 aromatic heterocycles. The van der Waals surface area contributed by atoms with Crippen molar-refractivity contribution >= 4 is 57.5 Å². The molecule has 0 aliphatic rings. The Bertz CT molecular complexity index is 1830. The van der Waals surface area contributed by atoms with Crippen LogP contribution in [-0.2, 0) is 54.6 Å². The lowest BCUT2D eigenvalue weighted by atomic mass is 9.85. The van der Waals surface area contributed by atoms with Crippen molar-refractivity contribution in [2.75, 3.05) is 12.0 Å². The highest BCUT2D eigenvalue weighted by Gasteiger charge is 2.39. The van der Waals surface area contributed by atoms with E-state index in [1.807, 2.05) is 5.32 Å². The maximum atomic E-state index is 14.2. The highest BCUT2D eigenvalue weighted by molar-refractivity contribution is 7.90. The van der Waals surface area contributed by atoms with Gasteiger partial charge in [-0.25, -0.2) is 8.42 Å². The van der Waals surface area contributed by atoms with E-state index in [9.17, 15) is 59.9 Å². The van der Waals surface area contributed by atoms with E-state index in [2.05, 4.69) is 26.6 Å². The van der Waals surface area contributed by atoms with Crippen molar-refractivity contribution in [1.29, 1.82) is 0 Å². The van der Waals surface area contributed by atoms with E-state index in [4.69, 9.17) is 5.11 Å². The van der Waals surface area contributed by atoms with E-state index in [1.165, 1.54) is 0 Å². The first-order valence-corrected chi connectivity index (χ1v) is 21.8. The van der Waals surface area contributed by atoms with Gasteiger partial charge in [0.2, 0.25) is 35.4 Å². The maximum Gasteiger partial charge on any atom is 0.391 e. The van der Waals surface area contributed by atoms with Crippen molar-refractivity contribution in [3.05, 3.63) is 35.4 Å². The number of carboxylic acid groups (broad SMARTS) is 1. The largest absolute Gasteiger partial charge is 0.481 e. The zero-order valence-electron chi connectivity index (χ0n) is 36.0. The Balaban J connectivity index is 3.52. The lowest BCUT2D eigenvalue weighted by molar-refractivity contribution is -0.147. The quantitative estimate of drug-likeness (QED) is 0.0734. The van der Waals surface area contributed by atoms with Crippen LogP contribution in [0.1, 0.15) is 91.7 Å². The molecule has 7 N–H and O–H groups in total. The highest BCUT2D eigenvalue weighted by atomic mass is 32.2. The van der Waals surface area contributed by atoms with Crippen LogP contribution in [0, 0.1) is 24.2 Å². The van der Waals surface area contributed by atoms with Gasteiger partial charge in [-0.15, -0.1) is 0 Å². The Morgan fingerprint density at radius 2 is 1.31 bits per heavy atom. The summed E-state index contributed by atoms with van der Waals surface area (Å²) in [7, 11) is -3.64. The smallest absolute Gasteiger partial charge is 0.391 e. The van der Waals surface area contributed by atoms with Crippen molar-refractivity contribution in [1.82, 2.24) is 31.9 Å². The Morgan fingerprint density at radius 1 is 0.754 bits per heavy atom. The number of halogens is 3. The van der Waals surface area contributed by atoms with Crippen LogP contribution < -0.4 is 31.9 Å². The Kier molecular flexibility index (Phi) is 21.0. The molecule has 6 amide bonds. The van der Waals surface area contributed by atoms with E-state index < -0.39 is 136 Å². The van der Waals surface area contributed by atoms with Crippen molar-refractivity contribution in [3.63, 3.8) is 0 Å². The third-order valence-electron chi connectivity index (χ3n) is 9.26. The number of carboxylic acids is 1. The van der Waals surface area contributed by atoms with Gasteiger partial charge in [0.15, 0.2) is 0 Å². The second kappa shape index (κ2) is 23.8. The summed E-state index contributed by atoms with van der Waals surface area (Å²) in [4.78, 5) is 104. The van der Waals surface area contributed by atoms with Gasteiger partial charge < -0.3 is 41.8 Å². The summed E-state index contributed by atoms with van der Waals surface area (Å²) < 4.78 is 63.0. The third kappa shape index (κ3) is 20.8. The number of aldehydes is 1. The molecule has 0 unspecified atom stereocenters. The lowest BCUT2D eigenvalue weighted by Gasteiger charge is -2.34. The average molecular weight is 891 g/mol. The van der Waals surface area contributed by atoms with Gasteiger partial charge in [0.25, 0.3) is 0 Å². The molecule has 0 heterocycles. The van der Waals surface area contributed by atoms with E-state index >= 15 is 0 Å². The fourth-order valence-corrected chi connectivity index (χ4v) is 6.61. The molecule has 0 spiro atoms. The fraction of sp³-hybridized carbons (Fsp3) is 0.650. The number of rotatable bonds is 24. The van der Waals surface area contributed by atoms with Gasteiger partial charge in [-0.2, -0.15) is 13.2 Å². The molecule has 61 heavy (non-hydrogen) atoms. The number of carbonyl (C=O) groups is 8. The van der Waals surface area contributed by atoms with Gasteiger partial charge in [0.05, 0.1) is 24.6 Å². The van der Waals surface area contributed by atoms with Gasteiger partial charge in [-0.05, 0) is 48.1 Å². The monoisotopic (exact) mass is 890 g/mol. The first kappa shape index (κ1) is 53.9. The highest BCUT2D eigenvalue weighted by Crippen LogP contribution is 2.23. The summed E-state index contributed by atoms with van der Waals surface area (Å²) in [6, 6.07) is -2.08. The molecule has 0 bridgehead atoms. The summed E-state index contributed by atoms with van der Waals surface area (Å²) in [5.41, 5.74) is 0.288. The van der Waals surface area contributed by atoms with Crippen LogP contribution in [0.3, 0.4) is 0 Å². The molecule has 1 aromatic carbocycles. The van der Waals surface area contributed by atoms with Gasteiger partial charge in [0, 0.05) is 19.1 Å². The Hall–Kier alpha value is -5.08. The molecular weight excluding hydrogens is 830 g/mol. The fourth-order valence-electron chi connectivity index (χ4n) is 5.95. The lowest BCUT2D eigenvalue weighted by Crippen LogP contribution is -2.62. The Morgan fingerprint density at radius 3 is 1.80 bits per heavy atom. The van der Waals surface area contributed by atoms with E-state index in [0.717, 1.165) is 11.8 Å². The second-order valence-electron chi connectivity index (χ2n) is 16.9. The molecule has 0 saturated carbocycles. The van der Waals surface area contributed by atoms with Crippen molar-refractivity contribution in [3.8, 4) is 0 Å². The van der Waals surface area contributed by atoms with Crippen LogP contribution in [0.5, 0.6) is 0 Å². The van der Waals surface area contributed by atoms with Crippen LogP contribution in [0.2, 0.25) is 0 Å². The van der Waals surface area contributed by atoms with E-state index in [1.54, 1.807) is 79.7 Å². The predicted molar refractivity (Wildman–Crippen MR) is 218 cm³/mol. The average Bonchev–Trinajstić information content (AvgIpc) is 3.11. The van der Waals surface area contributed by atoms with Crippen molar-refractivity contribution in [2.45, 2.75) is 136 Å². The molecule has 0 aliphatic heterocycles. The zero-order valence-corrected chi connectivity index (χ0v) is 36.8. The van der Waals surface area contributed by atoms with Gasteiger partial charge in [-0.1, -0.05) is 72.7 Å². The molecule has 0 saturated heterocycles. The molecule has 1 aromatic rings. The Labute approximate surface area is 354 Å². The van der Waals surface area contributed by atoms with Crippen LogP contribution in [0.25, 0.3) is 0 Å². The number of aryl methyl sites for hydroxylation is 1. The minimum absolute atomic E-state index is 0.0462. The van der Waals surface area contributed by atoms with Gasteiger partial charge in [-0.3, -0.25) is 33.6 Å². The van der Waals surface area contributed by atoms with Crippen molar-refractivity contribution < 1.29 is 65.1 Å². The summed E-state index contributed by atoms with van der Waals surface area (Å²) in [6.07, 6.45) is -7.19. The molecular formula is C40H61F3N6O11S. The number of amides is 6. The van der Waals surface area contributed by atoms with Crippen LogP contribution in [0.15, 0.2) is 24.3 Å². The van der Waals surface area contributed by atoms with Crippen LogP contribution in [0.4, 0.5) is 13.2 Å². The molecule has 0 radical (unpaired) electrons. The predicted octanol–water partition coefficient (Wildman–Crippen LogP) is 1.65. The number of alkyl halides is 3. The summed E-state index contributed by atoms with van der Waals surface area (Å²) >= 11 is 0. The normalized spacial score (nSPS) is 15.0. The minimum atomic E-state index is -4.77. The molecule has 6 atom stereocenters. The standard InChI is InChI=1S/C40H61F3N6O11S/c1-22(2)18-28(35(55)44-26(21-50)20-40(41,42)43)47-38(58)33(39(6,7)8)49-36(56)29(19-25-13-11-10-12-24(25)5)46-37(57)32(23(3)4)48-34(54)27(16-17-61(9,59)60)45-30(51)14-15-31(52)53/h10-13,21-23,26-29,32-33H,14-20H2,1-9H3,(H,44,55)(H,45,51)(H,46,57)(H,47,58)(H,48,54)(H,49,56)(H,52,53)/t26-,27+,28-,29-,32+,33+/m0/s1. The third-order valence-corrected chi connectivity index (χ3v) is 10.2. The number of sulfone groups is 1. The molecule has 17 nitrogen and oxygen atoms in total. The molecule has 1 rings (SSSR count). The molecule has 0 fully saturated rings. The number of carbonyl (C=O) groups excluding carboxylic acids is 7. The number of aliphatic carboxylic acids is 1. The molecule has 21 heteroatoms. The topological polar surface area (TPSA) is 263 Å². The summed E-state index contributed by atoms with van der Waals surface area (Å²) in [5.74, 6) is -8.22. The van der Waals surface area contributed by atoms with Crippen LogP contribution >= 0.6 is 0 Å². The second-order valence-corrected chi connectivity index (χ2v) is 19.2. The summed E-state index contributed by atoms with van der Waals surface area (Å²) in [6.45, 7) is 13.1. The number of hydrogen-bond donors (Lipinski definition) is 7. The SMILES string of the molecule is Cc1ccccc1C[C@H](NC(=O)[C@H](NC(=O)[C@@H](CCS(C)(=O)=O)NC(=O)CCC(=O)O)C(C)C)C(=O)N[C@H](C(=O)N[C@@H](CC(C)C)C(=O)N[C@H](C=O)CC(F)(F)F)C(C)(C)C. The molecule has 0 aliphatic carbocycles. The van der Waals surface area contributed by atoms with Crippen LogP contribution in [-0.4, -0.2) is 116 Å². The van der Waals surface area contributed by atoms with Crippen molar-refractivity contribution in [2.24, 2.45) is 17.3 Å². The first-order chi connectivity index (χ1) is 27.9. The van der Waals surface area contributed by atoms with E-state index in [-0.39, 0.29) is 25.0 Å². The van der Waals surface area contributed by atoms with Gasteiger partial charge >= 0.3 is 12.1 Å². The number of benzene rings is 1. The van der Waals surface area contributed by atoms with Gasteiger partial charge in [0.1, 0.15) is 46.3 Å².